The molecule has 0 radical (unpaired) electrons. The third-order valence-corrected chi connectivity index (χ3v) is 5.68. The Morgan fingerprint density at radius 2 is 1.82 bits per heavy atom. The molecule has 2 N–H and O–H groups in total. The molecule has 0 unspecified atom stereocenters. The molecule has 1 aliphatic rings. The molecule has 0 amide bonds. The number of rotatable bonds is 5. The normalized spacial score (nSPS) is 13.9. The number of carboxylic acid groups (broad SMARTS) is 1. The number of aromatic amines is 1. The molecule has 0 aliphatic carbocycles. The van der Waals surface area contributed by atoms with Crippen molar-refractivity contribution in [1.29, 1.82) is 0 Å². The van der Waals surface area contributed by atoms with Crippen LogP contribution in [-0.2, 0) is 4.74 Å². The molecule has 168 valence electrons. The van der Waals surface area contributed by atoms with Crippen LogP contribution >= 0.6 is 0 Å². The van der Waals surface area contributed by atoms with Crippen molar-refractivity contribution in [2.24, 2.45) is 0 Å². The number of anilines is 1. The molecule has 0 spiro atoms. The maximum absolute atomic E-state index is 13.1. The lowest BCUT2D eigenvalue weighted by atomic mass is 10.1. The van der Waals surface area contributed by atoms with E-state index in [9.17, 15) is 14.7 Å². The smallest absolute Gasteiger partial charge is 0.336 e. The number of aromatic carboxylic acids is 1. The van der Waals surface area contributed by atoms with Gasteiger partial charge in [0.15, 0.2) is 5.52 Å². The molecular weight excluding hydrogens is 424 g/mol. The van der Waals surface area contributed by atoms with E-state index in [1.54, 1.807) is 31.3 Å². The third-order valence-electron chi connectivity index (χ3n) is 5.68. The fourth-order valence-electron chi connectivity index (χ4n) is 3.88. The first-order chi connectivity index (χ1) is 16.0. The number of morpholine rings is 1. The highest BCUT2D eigenvalue weighted by Crippen LogP contribution is 2.24. The molecule has 33 heavy (non-hydrogen) atoms. The number of nitrogens with one attached hydrogen (secondary N) is 1. The predicted molar refractivity (Wildman–Crippen MR) is 123 cm³/mol. The summed E-state index contributed by atoms with van der Waals surface area (Å²) in [6, 6.07) is 14.4. The van der Waals surface area contributed by atoms with Crippen LogP contribution in [0.2, 0.25) is 0 Å². The van der Waals surface area contributed by atoms with Crippen molar-refractivity contribution < 1.29 is 19.4 Å². The summed E-state index contributed by atoms with van der Waals surface area (Å²) < 4.78 is 12.6. The number of carbonyl (C=O) groups is 1. The van der Waals surface area contributed by atoms with Gasteiger partial charge in [-0.25, -0.2) is 4.79 Å². The molecular formula is C24H22N4O5. The van der Waals surface area contributed by atoms with Crippen LogP contribution in [0.5, 0.6) is 11.8 Å². The minimum Gasteiger partial charge on any atom is -0.478 e. The van der Waals surface area contributed by atoms with Gasteiger partial charge in [-0.1, -0.05) is 6.07 Å². The van der Waals surface area contributed by atoms with E-state index in [1.807, 2.05) is 24.3 Å². The number of nitrogens with zero attached hydrogens (tertiary/aromatic N) is 3. The summed E-state index contributed by atoms with van der Waals surface area (Å²) in [6.07, 6.45) is 1.69. The highest BCUT2D eigenvalue weighted by molar-refractivity contribution is 5.89. The van der Waals surface area contributed by atoms with E-state index in [0.717, 1.165) is 24.5 Å². The summed E-state index contributed by atoms with van der Waals surface area (Å²) in [5, 5.41) is 9.31. The van der Waals surface area contributed by atoms with Crippen LogP contribution < -0.4 is 15.2 Å². The SMILES string of the molecule is Cc1ccc(Oc2nc3c(=O)n(-c4ccc(N5CCOCC5)cc4)ccc3[nH]2)cc1C(=O)O. The standard InChI is InChI=1S/C24H22N4O5/c1-15-2-7-18(14-19(15)23(30)31)33-24-25-20-8-9-28(22(29)21(20)26-24)17-5-3-16(4-6-17)27-10-12-32-13-11-27/h2-9,14H,10-13H2,1H3,(H,25,26)(H,30,31). The van der Waals surface area contributed by atoms with Crippen molar-refractivity contribution in [3.8, 4) is 17.4 Å². The number of ether oxygens (including phenoxy) is 2. The van der Waals surface area contributed by atoms with Gasteiger partial charge in [0.25, 0.3) is 11.6 Å². The lowest BCUT2D eigenvalue weighted by Crippen LogP contribution is -2.36. The van der Waals surface area contributed by atoms with Gasteiger partial charge in [0.1, 0.15) is 5.75 Å². The first-order valence-corrected chi connectivity index (χ1v) is 10.6. The van der Waals surface area contributed by atoms with Gasteiger partial charge in [-0.05, 0) is 55.0 Å². The van der Waals surface area contributed by atoms with Gasteiger partial charge in [0, 0.05) is 30.7 Å². The summed E-state index contributed by atoms with van der Waals surface area (Å²) in [5.41, 5.74) is 3.07. The number of benzene rings is 2. The number of imidazole rings is 1. The number of pyridine rings is 1. The summed E-state index contributed by atoms with van der Waals surface area (Å²) >= 11 is 0. The number of aromatic nitrogens is 3. The van der Waals surface area contributed by atoms with E-state index in [0.29, 0.717) is 30.0 Å². The van der Waals surface area contributed by atoms with Crippen LogP contribution in [0.4, 0.5) is 5.69 Å². The Balaban J connectivity index is 1.42. The second-order valence-electron chi connectivity index (χ2n) is 7.79. The topological polar surface area (TPSA) is 110 Å². The van der Waals surface area contributed by atoms with E-state index in [2.05, 4.69) is 14.9 Å². The zero-order valence-electron chi connectivity index (χ0n) is 17.9. The molecule has 0 saturated carbocycles. The average Bonchev–Trinajstić information content (AvgIpc) is 3.25. The number of hydrogen-bond donors (Lipinski definition) is 2. The maximum atomic E-state index is 13.1. The molecule has 9 heteroatoms. The van der Waals surface area contributed by atoms with Gasteiger partial charge in [0.05, 0.1) is 24.3 Å². The van der Waals surface area contributed by atoms with Crippen molar-refractivity contribution in [2.45, 2.75) is 6.92 Å². The van der Waals surface area contributed by atoms with Gasteiger partial charge in [-0.3, -0.25) is 9.36 Å². The van der Waals surface area contributed by atoms with Crippen LogP contribution in [0.1, 0.15) is 15.9 Å². The fraction of sp³-hybridized carbons (Fsp3) is 0.208. The van der Waals surface area contributed by atoms with Crippen LogP contribution in [0.15, 0.2) is 59.5 Å². The molecule has 2 aromatic carbocycles. The van der Waals surface area contributed by atoms with E-state index in [1.165, 1.54) is 10.6 Å². The van der Waals surface area contributed by atoms with Gasteiger partial charge in [-0.15, -0.1) is 0 Å². The van der Waals surface area contributed by atoms with Crippen LogP contribution in [-0.4, -0.2) is 51.9 Å². The summed E-state index contributed by atoms with van der Waals surface area (Å²) in [7, 11) is 0. The van der Waals surface area contributed by atoms with Gasteiger partial charge >= 0.3 is 5.97 Å². The van der Waals surface area contributed by atoms with E-state index < -0.39 is 5.97 Å². The molecule has 0 bridgehead atoms. The van der Waals surface area contributed by atoms with Crippen LogP contribution in [0, 0.1) is 6.92 Å². The largest absolute Gasteiger partial charge is 0.478 e. The molecule has 1 aliphatic heterocycles. The van der Waals surface area contributed by atoms with Crippen molar-refractivity contribution in [3.63, 3.8) is 0 Å². The molecule has 2 aromatic heterocycles. The van der Waals surface area contributed by atoms with Crippen LogP contribution in [0.3, 0.4) is 0 Å². The minimum atomic E-state index is -1.04. The first-order valence-electron chi connectivity index (χ1n) is 10.6. The summed E-state index contributed by atoms with van der Waals surface area (Å²) in [5.74, 6) is -0.721. The number of H-pyrrole nitrogens is 1. The van der Waals surface area contributed by atoms with Gasteiger partial charge in [-0.2, -0.15) is 4.98 Å². The molecule has 5 rings (SSSR count). The number of fused-ring (bicyclic) bond motifs is 1. The maximum Gasteiger partial charge on any atom is 0.336 e. The van der Waals surface area contributed by atoms with Gasteiger partial charge < -0.3 is 24.5 Å². The molecule has 1 saturated heterocycles. The number of carboxylic acids is 1. The molecule has 1 fully saturated rings. The van der Waals surface area contributed by atoms with Crippen molar-refractivity contribution in [1.82, 2.24) is 14.5 Å². The Labute approximate surface area is 188 Å². The molecule has 3 heterocycles. The zero-order chi connectivity index (χ0) is 22.9. The van der Waals surface area contributed by atoms with Crippen molar-refractivity contribution in [2.75, 3.05) is 31.2 Å². The Bertz CT molecular complexity index is 1380. The highest BCUT2D eigenvalue weighted by Gasteiger charge is 2.15. The first kappa shape index (κ1) is 20.8. The molecule has 4 aromatic rings. The third kappa shape index (κ3) is 4.06. The molecule has 9 nitrogen and oxygen atoms in total. The fourth-order valence-corrected chi connectivity index (χ4v) is 3.88. The number of hydrogen-bond acceptors (Lipinski definition) is 6. The van der Waals surface area contributed by atoms with E-state index >= 15 is 0 Å². The van der Waals surface area contributed by atoms with Crippen molar-refractivity contribution in [3.05, 3.63) is 76.2 Å². The number of aryl methyl sites for hydroxylation is 1. The quantitative estimate of drug-likeness (QED) is 0.484. The highest BCUT2D eigenvalue weighted by atomic mass is 16.5. The Kier molecular flexibility index (Phi) is 5.31. The van der Waals surface area contributed by atoms with E-state index in [4.69, 9.17) is 9.47 Å². The Morgan fingerprint density at radius 1 is 1.09 bits per heavy atom. The second kappa shape index (κ2) is 8.44. The monoisotopic (exact) mass is 446 g/mol. The minimum absolute atomic E-state index is 0.114. The molecule has 0 atom stereocenters. The lowest BCUT2D eigenvalue weighted by Gasteiger charge is -2.28. The van der Waals surface area contributed by atoms with Crippen LogP contribution in [0.25, 0.3) is 16.7 Å². The predicted octanol–water partition coefficient (Wildman–Crippen LogP) is 3.35. The second-order valence-corrected chi connectivity index (χ2v) is 7.79. The lowest BCUT2D eigenvalue weighted by molar-refractivity contribution is 0.0695. The zero-order valence-corrected chi connectivity index (χ0v) is 17.9. The van der Waals surface area contributed by atoms with Gasteiger partial charge in [0.2, 0.25) is 0 Å². The Morgan fingerprint density at radius 3 is 2.55 bits per heavy atom. The Hall–Kier alpha value is -4.11. The van der Waals surface area contributed by atoms with Crippen molar-refractivity contribution >= 4 is 22.7 Å². The summed E-state index contributed by atoms with van der Waals surface area (Å²) in [4.78, 5) is 34.0. The average molecular weight is 446 g/mol. The van der Waals surface area contributed by atoms with E-state index in [-0.39, 0.29) is 22.6 Å². The summed E-state index contributed by atoms with van der Waals surface area (Å²) in [6.45, 7) is 4.82.